The third-order valence-electron chi connectivity index (χ3n) is 1.60. The van der Waals surface area contributed by atoms with Gasteiger partial charge in [-0.25, -0.2) is 4.79 Å². The van der Waals surface area contributed by atoms with Crippen LogP contribution < -0.4 is 0 Å². The molecule has 0 aliphatic rings. The standard InChI is InChI=1S/C10H22O3Si/c1-6-7-8-12-10(11)9(2)13-14(3,4)5/h9H,6-8H2,1-5H3. The molecule has 14 heavy (non-hydrogen) atoms. The maximum atomic E-state index is 11.4. The number of carbonyl (C=O) groups excluding carboxylic acids is 1. The second-order valence-corrected chi connectivity index (χ2v) is 8.85. The normalized spacial score (nSPS) is 13.8. The molecule has 0 spiro atoms. The molecule has 0 N–H and O–H groups in total. The van der Waals surface area contributed by atoms with Crippen molar-refractivity contribution in [3.8, 4) is 0 Å². The molecule has 0 rings (SSSR count). The summed E-state index contributed by atoms with van der Waals surface area (Å²) in [6.07, 6.45) is 1.54. The zero-order valence-corrected chi connectivity index (χ0v) is 10.9. The number of hydrogen-bond acceptors (Lipinski definition) is 3. The molecule has 0 bridgehead atoms. The van der Waals surface area contributed by atoms with E-state index in [1.165, 1.54) is 0 Å². The summed E-state index contributed by atoms with van der Waals surface area (Å²) in [5, 5.41) is 0. The Hall–Kier alpha value is -0.353. The summed E-state index contributed by atoms with van der Waals surface area (Å²) >= 11 is 0. The van der Waals surface area contributed by atoms with Crippen LogP contribution in [0.2, 0.25) is 19.6 Å². The molecule has 0 amide bonds. The predicted octanol–water partition coefficient (Wildman–Crippen LogP) is 2.57. The number of carbonyl (C=O) groups is 1. The smallest absolute Gasteiger partial charge is 0.333 e. The molecule has 0 heterocycles. The van der Waals surface area contributed by atoms with Crippen LogP contribution in [-0.2, 0) is 14.0 Å². The Morgan fingerprint density at radius 2 is 1.93 bits per heavy atom. The fraction of sp³-hybridized carbons (Fsp3) is 0.900. The van der Waals surface area contributed by atoms with E-state index in [-0.39, 0.29) is 5.97 Å². The zero-order valence-electron chi connectivity index (χ0n) is 9.92. The fourth-order valence-corrected chi connectivity index (χ4v) is 2.17. The van der Waals surface area contributed by atoms with Crippen molar-refractivity contribution in [1.29, 1.82) is 0 Å². The van der Waals surface area contributed by atoms with Gasteiger partial charge in [0.05, 0.1) is 6.61 Å². The number of ether oxygens (including phenoxy) is 1. The SMILES string of the molecule is CCCCOC(=O)C(C)O[Si](C)(C)C. The lowest BCUT2D eigenvalue weighted by Gasteiger charge is -2.22. The Balaban J connectivity index is 3.77. The van der Waals surface area contributed by atoms with Crippen LogP contribution in [0.25, 0.3) is 0 Å². The highest BCUT2D eigenvalue weighted by molar-refractivity contribution is 6.69. The molecule has 84 valence electrons. The molecule has 1 unspecified atom stereocenters. The topological polar surface area (TPSA) is 35.5 Å². The molecule has 0 aromatic heterocycles. The number of esters is 1. The highest BCUT2D eigenvalue weighted by atomic mass is 28.4. The van der Waals surface area contributed by atoms with E-state index in [0.717, 1.165) is 12.8 Å². The predicted molar refractivity (Wildman–Crippen MR) is 59.8 cm³/mol. The highest BCUT2D eigenvalue weighted by Gasteiger charge is 2.23. The summed E-state index contributed by atoms with van der Waals surface area (Å²) < 4.78 is 10.6. The van der Waals surface area contributed by atoms with Gasteiger partial charge in [-0.2, -0.15) is 0 Å². The second kappa shape index (κ2) is 6.19. The Morgan fingerprint density at radius 1 is 1.36 bits per heavy atom. The van der Waals surface area contributed by atoms with E-state index in [1.54, 1.807) is 6.92 Å². The van der Waals surface area contributed by atoms with Crippen molar-refractivity contribution in [2.75, 3.05) is 6.61 Å². The summed E-state index contributed by atoms with van der Waals surface area (Å²) in [5.41, 5.74) is 0. The van der Waals surface area contributed by atoms with Gasteiger partial charge in [0, 0.05) is 0 Å². The first-order valence-corrected chi connectivity index (χ1v) is 8.62. The van der Waals surface area contributed by atoms with Gasteiger partial charge >= 0.3 is 5.97 Å². The molecule has 0 aliphatic carbocycles. The minimum Gasteiger partial charge on any atom is -0.464 e. The monoisotopic (exact) mass is 218 g/mol. The lowest BCUT2D eigenvalue weighted by molar-refractivity contribution is -0.151. The average Bonchev–Trinajstić information content (AvgIpc) is 2.01. The van der Waals surface area contributed by atoms with Gasteiger partial charge in [0.2, 0.25) is 0 Å². The molecule has 0 saturated heterocycles. The van der Waals surface area contributed by atoms with Gasteiger partial charge in [-0.05, 0) is 33.0 Å². The first kappa shape index (κ1) is 13.6. The van der Waals surface area contributed by atoms with Crippen LogP contribution in [0, 0.1) is 0 Å². The van der Waals surface area contributed by atoms with Crippen LogP contribution in [0.4, 0.5) is 0 Å². The molecule has 4 heteroatoms. The summed E-state index contributed by atoms with van der Waals surface area (Å²) in [5.74, 6) is -0.235. The maximum Gasteiger partial charge on any atom is 0.333 e. The van der Waals surface area contributed by atoms with Crippen molar-refractivity contribution < 1.29 is 14.0 Å². The fourth-order valence-electron chi connectivity index (χ4n) is 1.01. The van der Waals surface area contributed by atoms with Crippen LogP contribution in [0.1, 0.15) is 26.7 Å². The van der Waals surface area contributed by atoms with E-state index < -0.39 is 14.4 Å². The molecule has 0 aliphatic heterocycles. The lowest BCUT2D eigenvalue weighted by Crippen LogP contribution is -2.35. The van der Waals surface area contributed by atoms with E-state index in [9.17, 15) is 4.79 Å². The molecule has 0 aromatic carbocycles. The maximum absolute atomic E-state index is 11.4. The van der Waals surface area contributed by atoms with Gasteiger partial charge in [0.1, 0.15) is 6.10 Å². The van der Waals surface area contributed by atoms with Crippen molar-refractivity contribution in [1.82, 2.24) is 0 Å². The number of rotatable bonds is 6. The van der Waals surface area contributed by atoms with Gasteiger partial charge < -0.3 is 9.16 Å². The van der Waals surface area contributed by atoms with Gasteiger partial charge in [-0.1, -0.05) is 13.3 Å². The van der Waals surface area contributed by atoms with Gasteiger partial charge in [0.25, 0.3) is 0 Å². The number of unbranched alkanes of at least 4 members (excludes halogenated alkanes) is 1. The van der Waals surface area contributed by atoms with Crippen LogP contribution in [-0.4, -0.2) is 27.0 Å². The molecule has 0 aromatic rings. The average molecular weight is 218 g/mol. The van der Waals surface area contributed by atoms with Crippen molar-refractivity contribution >= 4 is 14.3 Å². The van der Waals surface area contributed by atoms with Crippen LogP contribution >= 0.6 is 0 Å². The molecular formula is C10H22O3Si. The Labute approximate surface area is 87.9 Å². The zero-order chi connectivity index (χ0) is 11.2. The first-order valence-electron chi connectivity index (χ1n) is 5.21. The molecule has 3 nitrogen and oxygen atoms in total. The van der Waals surface area contributed by atoms with Gasteiger partial charge in [-0.15, -0.1) is 0 Å². The first-order chi connectivity index (χ1) is 6.37. The molecular weight excluding hydrogens is 196 g/mol. The van der Waals surface area contributed by atoms with Crippen LogP contribution in [0.15, 0.2) is 0 Å². The van der Waals surface area contributed by atoms with E-state index in [0.29, 0.717) is 6.61 Å². The Bertz CT molecular complexity index is 175. The van der Waals surface area contributed by atoms with E-state index >= 15 is 0 Å². The second-order valence-electron chi connectivity index (χ2n) is 4.39. The Kier molecular flexibility index (Phi) is 6.03. The summed E-state index contributed by atoms with van der Waals surface area (Å²) in [6.45, 7) is 10.5. The summed E-state index contributed by atoms with van der Waals surface area (Å²) in [6, 6.07) is 0. The van der Waals surface area contributed by atoms with Crippen molar-refractivity contribution in [3.05, 3.63) is 0 Å². The quantitative estimate of drug-likeness (QED) is 0.390. The van der Waals surface area contributed by atoms with E-state index in [4.69, 9.17) is 9.16 Å². The largest absolute Gasteiger partial charge is 0.464 e. The third kappa shape index (κ3) is 7.09. The van der Waals surface area contributed by atoms with Gasteiger partial charge in [-0.3, -0.25) is 0 Å². The number of hydrogen-bond donors (Lipinski definition) is 0. The minimum atomic E-state index is -1.63. The summed E-state index contributed by atoms with van der Waals surface area (Å²) in [4.78, 5) is 11.4. The van der Waals surface area contributed by atoms with Crippen molar-refractivity contribution in [3.63, 3.8) is 0 Å². The molecule has 0 saturated carbocycles. The minimum absolute atomic E-state index is 0.235. The molecule has 0 fully saturated rings. The molecule has 0 radical (unpaired) electrons. The molecule has 1 atom stereocenters. The van der Waals surface area contributed by atoms with E-state index in [1.807, 2.05) is 0 Å². The van der Waals surface area contributed by atoms with Crippen LogP contribution in [0.3, 0.4) is 0 Å². The summed E-state index contributed by atoms with van der Waals surface area (Å²) in [7, 11) is -1.63. The van der Waals surface area contributed by atoms with Crippen LogP contribution in [0.5, 0.6) is 0 Å². The van der Waals surface area contributed by atoms with Crippen molar-refractivity contribution in [2.45, 2.75) is 52.4 Å². The third-order valence-corrected chi connectivity index (χ3v) is 2.67. The van der Waals surface area contributed by atoms with E-state index in [2.05, 4.69) is 26.6 Å². The van der Waals surface area contributed by atoms with Gasteiger partial charge in [0.15, 0.2) is 8.32 Å². The lowest BCUT2D eigenvalue weighted by atomic mass is 10.3. The Morgan fingerprint density at radius 3 is 2.36 bits per heavy atom. The highest BCUT2D eigenvalue weighted by Crippen LogP contribution is 2.08. The van der Waals surface area contributed by atoms with Crippen molar-refractivity contribution in [2.24, 2.45) is 0 Å².